The fourth-order valence-electron chi connectivity index (χ4n) is 0.506. The lowest BCUT2D eigenvalue weighted by molar-refractivity contribution is 0.740. The molecule has 0 aliphatic heterocycles. The van der Waals surface area contributed by atoms with Gasteiger partial charge in [-0.2, -0.15) is 0 Å². The molecule has 0 rings (SSSR count). The predicted molar refractivity (Wildman–Crippen MR) is 42.5 cm³/mol. The van der Waals surface area contributed by atoms with Crippen LogP contribution in [-0.2, 0) is 0 Å². The average molecular weight is 125 g/mol. The number of rotatable bonds is 5. The van der Waals surface area contributed by atoms with E-state index >= 15 is 0 Å². The Morgan fingerprint density at radius 3 is 2.78 bits per heavy atom. The maximum absolute atomic E-state index is 3.76. The molecule has 1 heteroatoms. The van der Waals surface area contributed by atoms with E-state index in [1.807, 2.05) is 13.0 Å². The Morgan fingerprint density at radius 2 is 2.33 bits per heavy atom. The van der Waals surface area contributed by atoms with E-state index in [0.29, 0.717) is 0 Å². The minimum absolute atomic E-state index is 0.924. The summed E-state index contributed by atoms with van der Waals surface area (Å²) in [6.45, 7) is 11.3. The summed E-state index contributed by atoms with van der Waals surface area (Å²) in [4.78, 5) is 0. The first kappa shape index (κ1) is 8.44. The van der Waals surface area contributed by atoms with Gasteiger partial charge in [0.05, 0.1) is 0 Å². The molecule has 9 heavy (non-hydrogen) atoms. The first-order valence-electron chi connectivity index (χ1n) is 3.23. The SMILES string of the molecule is C=CCCNCC(=C)C. The van der Waals surface area contributed by atoms with E-state index in [4.69, 9.17) is 0 Å². The highest BCUT2D eigenvalue weighted by Crippen LogP contribution is 1.82. The lowest BCUT2D eigenvalue weighted by atomic mass is 10.3. The Hall–Kier alpha value is -0.560. The number of hydrogen-bond donors (Lipinski definition) is 1. The third-order valence-corrected chi connectivity index (χ3v) is 0.952. The minimum Gasteiger partial charge on any atom is -0.313 e. The Morgan fingerprint density at radius 1 is 1.67 bits per heavy atom. The molecule has 0 aromatic carbocycles. The van der Waals surface area contributed by atoms with Gasteiger partial charge in [0.15, 0.2) is 0 Å². The van der Waals surface area contributed by atoms with Gasteiger partial charge in [0.25, 0.3) is 0 Å². The molecule has 0 bridgehead atoms. The molecule has 0 amide bonds. The molecule has 0 saturated carbocycles. The highest BCUT2D eigenvalue weighted by atomic mass is 14.8. The summed E-state index contributed by atoms with van der Waals surface area (Å²) < 4.78 is 0. The van der Waals surface area contributed by atoms with Crippen LogP contribution in [0.3, 0.4) is 0 Å². The zero-order valence-corrected chi connectivity index (χ0v) is 6.11. The van der Waals surface area contributed by atoms with Crippen LogP contribution < -0.4 is 5.32 Å². The van der Waals surface area contributed by atoms with Crippen LogP contribution in [0.2, 0.25) is 0 Å². The van der Waals surface area contributed by atoms with Crippen molar-refractivity contribution >= 4 is 0 Å². The third-order valence-electron chi connectivity index (χ3n) is 0.952. The van der Waals surface area contributed by atoms with Gasteiger partial charge in [0.2, 0.25) is 0 Å². The molecule has 0 aliphatic carbocycles. The molecule has 1 N–H and O–H groups in total. The van der Waals surface area contributed by atoms with E-state index in [-0.39, 0.29) is 0 Å². The Kier molecular flexibility index (Phi) is 5.23. The molecule has 0 unspecified atom stereocenters. The summed E-state index contributed by atoms with van der Waals surface area (Å²) in [7, 11) is 0. The second-order valence-electron chi connectivity index (χ2n) is 2.21. The molecule has 0 heterocycles. The van der Waals surface area contributed by atoms with E-state index in [1.54, 1.807) is 0 Å². The minimum atomic E-state index is 0.924. The average Bonchev–Trinajstić information content (AvgIpc) is 1.80. The van der Waals surface area contributed by atoms with Gasteiger partial charge >= 0.3 is 0 Å². The standard InChI is InChI=1S/C8H15N/c1-4-5-6-9-7-8(2)3/h4,9H,1-2,5-7H2,3H3. The zero-order chi connectivity index (χ0) is 7.11. The van der Waals surface area contributed by atoms with Gasteiger partial charge in [-0.3, -0.25) is 0 Å². The van der Waals surface area contributed by atoms with Crippen LogP contribution in [0.5, 0.6) is 0 Å². The lowest BCUT2D eigenvalue weighted by Gasteiger charge is -1.99. The topological polar surface area (TPSA) is 12.0 Å². The Labute approximate surface area is 57.5 Å². The van der Waals surface area contributed by atoms with E-state index < -0.39 is 0 Å². The molecular weight excluding hydrogens is 110 g/mol. The van der Waals surface area contributed by atoms with Crippen LogP contribution in [-0.4, -0.2) is 13.1 Å². The second kappa shape index (κ2) is 5.57. The van der Waals surface area contributed by atoms with Crippen LogP contribution in [0, 0.1) is 0 Å². The molecule has 0 aromatic rings. The first-order chi connectivity index (χ1) is 4.27. The largest absolute Gasteiger partial charge is 0.313 e. The molecule has 0 radical (unpaired) electrons. The van der Waals surface area contributed by atoms with Crippen LogP contribution in [0.15, 0.2) is 24.8 Å². The fourth-order valence-corrected chi connectivity index (χ4v) is 0.506. The lowest BCUT2D eigenvalue weighted by Crippen LogP contribution is -2.16. The van der Waals surface area contributed by atoms with Crippen LogP contribution in [0.1, 0.15) is 13.3 Å². The third kappa shape index (κ3) is 7.44. The summed E-state index contributed by atoms with van der Waals surface area (Å²) in [6, 6.07) is 0. The van der Waals surface area contributed by atoms with E-state index in [1.165, 1.54) is 5.57 Å². The normalized spacial score (nSPS) is 9.00. The Balaban J connectivity index is 2.91. The molecule has 0 saturated heterocycles. The molecule has 0 aliphatic rings. The van der Waals surface area contributed by atoms with Gasteiger partial charge in [0, 0.05) is 6.54 Å². The van der Waals surface area contributed by atoms with Gasteiger partial charge in [-0.05, 0) is 19.9 Å². The van der Waals surface area contributed by atoms with Crippen molar-refractivity contribution in [2.24, 2.45) is 0 Å². The summed E-state index contributed by atoms with van der Waals surface area (Å²) in [5, 5.41) is 3.21. The molecular formula is C8H15N. The summed E-state index contributed by atoms with van der Waals surface area (Å²) in [5.41, 5.74) is 1.18. The predicted octanol–water partition coefficient (Wildman–Crippen LogP) is 1.73. The van der Waals surface area contributed by atoms with Crippen molar-refractivity contribution in [1.82, 2.24) is 5.32 Å². The van der Waals surface area contributed by atoms with Gasteiger partial charge in [-0.25, -0.2) is 0 Å². The van der Waals surface area contributed by atoms with Crippen molar-refractivity contribution in [2.75, 3.05) is 13.1 Å². The van der Waals surface area contributed by atoms with Crippen LogP contribution in [0.4, 0.5) is 0 Å². The quantitative estimate of drug-likeness (QED) is 0.436. The number of nitrogens with one attached hydrogen (secondary N) is 1. The smallest absolute Gasteiger partial charge is 0.0159 e. The van der Waals surface area contributed by atoms with Gasteiger partial charge in [-0.1, -0.05) is 18.2 Å². The van der Waals surface area contributed by atoms with Crippen molar-refractivity contribution < 1.29 is 0 Å². The Bertz CT molecular complexity index is 94.7. The van der Waals surface area contributed by atoms with Gasteiger partial charge < -0.3 is 5.32 Å². The summed E-state index contributed by atoms with van der Waals surface area (Å²) in [6.07, 6.45) is 2.94. The maximum atomic E-state index is 3.76. The molecule has 0 atom stereocenters. The van der Waals surface area contributed by atoms with Crippen LogP contribution >= 0.6 is 0 Å². The van der Waals surface area contributed by atoms with E-state index in [0.717, 1.165) is 19.5 Å². The van der Waals surface area contributed by atoms with Gasteiger partial charge in [0.1, 0.15) is 0 Å². The highest BCUT2D eigenvalue weighted by Gasteiger charge is 1.82. The number of hydrogen-bond acceptors (Lipinski definition) is 1. The van der Waals surface area contributed by atoms with E-state index in [2.05, 4.69) is 18.5 Å². The van der Waals surface area contributed by atoms with Crippen molar-refractivity contribution in [2.45, 2.75) is 13.3 Å². The molecule has 0 aromatic heterocycles. The zero-order valence-electron chi connectivity index (χ0n) is 6.11. The van der Waals surface area contributed by atoms with Crippen molar-refractivity contribution in [1.29, 1.82) is 0 Å². The molecule has 0 spiro atoms. The van der Waals surface area contributed by atoms with E-state index in [9.17, 15) is 0 Å². The summed E-state index contributed by atoms with van der Waals surface area (Å²) >= 11 is 0. The van der Waals surface area contributed by atoms with Crippen molar-refractivity contribution in [3.8, 4) is 0 Å². The van der Waals surface area contributed by atoms with Gasteiger partial charge in [-0.15, -0.1) is 6.58 Å². The fraction of sp³-hybridized carbons (Fsp3) is 0.500. The maximum Gasteiger partial charge on any atom is 0.0159 e. The second-order valence-corrected chi connectivity index (χ2v) is 2.21. The molecule has 1 nitrogen and oxygen atoms in total. The monoisotopic (exact) mass is 125 g/mol. The molecule has 52 valence electrons. The molecule has 0 fully saturated rings. The van der Waals surface area contributed by atoms with Crippen molar-refractivity contribution in [3.05, 3.63) is 24.8 Å². The highest BCUT2D eigenvalue weighted by molar-refractivity contribution is 4.90. The van der Waals surface area contributed by atoms with Crippen LogP contribution in [0.25, 0.3) is 0 Å². The summed E-state index contributed by atoms with van der Waals surface area (Å²) in [5.74, 6) is 0. The van der Waals surface area contributed by atoms with Crippen molar-refractivity contribution in [3.63, 3.8) is 0 Å². The first-order valence-corrected chi connectivity index (χ1v) is 3.23.